The minimum absolute atomic E-state index is 0.0952. The van der Waals surface area contributed by atoms with Crippen LogP contribution in [0, 0.1) is 5.41 Å². The summed E-state index contributed by atoms with van der Waals surface area (Å²) in [4.78, 5) is 18.3. The largest absolute Gasteiger partial charge is 0.355 e. The van der Waals surface area contributed by atoms with E-state index in [0.717, 1.165) is 45.0 Å². The highest BCUT2D eigenvalue weighted by Gasteiger charge is 2.42. The molecule has 2 N–H and O–H groups in total. The topological polar surface area (TPSA) is 61.7 Å². The number of rotatable bonds is 2. The lowest BCUT2D eigenvalue weighted by Gasteiger charge is -2.40. The molecule has 0 aromatic carbocycles. The number of carbonyl (C=O) groups excluding carboxylic acids is 1. The van der Waals surface area contributed by atoms with Gasteiger partial charge in [0, 0.05) is 57.5 Å². The summed E-state index contributed by atoms with van der Waals surface area (Å²) in [6.45, 7) is 3.47. The molecule has 0 bridgehead atoms. The average Bonchev–Trinajstić information content (AvgIpc) is 3.07. The van der Waals surface area contributed by atoms with E-state index in [0.29, 0.717) is 6.42 Å². The van der Waals surface area contributed by atoms with Crippen LogP contribution in [-0.4, -0.2) is 48.0 Å². The number of nitrogens with zero attached hydrogens (tertiary/aromatic N) is 3. The molecule has 1 spiro atoms. The van der Waals surface area contributed by atoms with Gasteiger partial charge in [-0.2, -0.15) is 0 Å². The number of carbonyl (C=O) groups is 1. The number of aliphatic imine (C=N–C) groups is 1. The van der Waals surface area contributed by atoms with E-state index in [-0.39, 0.29) is 11.3 Å². The standard InChI is InChI=1S/C16H25N5O/c1-17-15(18-10-13-5-3-7-20(13)2)21-8-4-6-16(12-21)9-14(22)19-11-16/h3,5,7H,4,6,8-12H2,1-2H3,(H,17,18)(H,19,22). The third kappa shape index (κ3) is 2.96. The predicted octanol–water partition coefficient (Wildman–Crippen LogP) is 0.703. The zero-order valence-electron chi connectivity index (χ0n) is 13.4. The summed E-state index contributed by atoms with van der Waals surface area (Å²) >= 11 is 0. The molecule has 1 atom stereocenters. The monoisotopic (exact) mass is 303 g/mol. The SMILES string of the molecule is CN=C(NCc1cccn1C)N1CCCC2(CNC(=O)C2)C1. The number of guanidine groups is 1. The quantitative estimate of drug-likeness (QED) is 0.624. The van der Waals surface area contributed by atoms with Gasteiger partial charge in [0.05, 0.1) is 6.54 Å². The molecule has 6 heteroatoms. The van der Waals surface area contributed by atoms with Crippen LogP contribution < -0.4 is 10.6 Å². The van der Waals surface area contributed by atoms with Gasteiger partial charge in [0.1, 0.15) is 0 Å². The summed E-state index contributed by atoms with van der Waals surface area (Å²) < 4.78 is 2.11. The highest BCUT2D eigenvalue weighted by Crippen LogP contribution is 2.35. The molecule has 120 valence electrons. The van der Waals surface area contributed by atoms with Crippen molar-refractivity contribution in [3.8, 4) is 0 Å². The molecule has 2 aliphatic rings. The second-order valence-electron chi connectivity index (χ2n) is 6.49. The van der Waals surface area contributed by atoms with Crippen LogP contribution in [0.4, 0.5) is 0 Å². The zero-order chi connectivity index (χ0) is 15.6. The lowest BCUT2D eigenvalue weighted by molar-refractivity contribution is -0.119. The minimum atomic E-state index is 0.0952. The highest BCUT2D eigenvalue weighted by molar-refractivity contribution is 5.81. The molecule has 1 aromatic heterocycles. The molecule has 2 fully saturated rings. The second kappa shape index (κ2) is 6.02. The molecule has 1 amide bonds. The van der Waals surface area contributed by atoms with Crippen LogP contribution in [-0.2, 0) is 18.4 Å². The van der Waals surface area contributed by atoms with Crippen molar-refractivity contribution in [2.24, 2.45) is 17.5 Å². The van der Waals surface area contributed by atoms with Crippen molar-refractivity contribution in [1.82, 2.24) is 20.1 Å². The molecule has 3 heterocycles. The van der Waals surface area contributed by atoms with E-state index in [1.165, 1.54) is 5.69 Å². The number of amides is 1. The number of aromatic nitrogens is 1. The number of likely N-dealkylation sites (tertiary alicyclic amines) is 1. The van der Waals surface area contributed by atoms with Crippen molar-refractivity contribution < 1.29 is 4.79 Å². The Kier molecular flexibility index (Phi) is 4.09. The van der Waals surface area contributed by atoms with Crippen LogP contribution in [0.15, 0.2) is 23.3 Å². The van der Waals surface area contributed by atoms with E-state index >= 15 is 0 Å². The molecule has 0 saturated carbocycles. The van der Waals surface area contributed by atoms with Gasteiger partial charge in [-0.3, -0.25) is 9.79 Å². The Balaban J connectivity index is 1.63. The third-order valence-electron chi connectivity index (χ3n) is 4.85. The summed E-state index contributed by atoms with van der Waals surface area (Å²) in [6.07, 6.45) is 4.93. The lowest BCUT2D eigenvalue weighted by Crippen LogP contribution is -2.51. The molecule has 1 unspecified atom stereocenters. The average molecular weight is 303 g/mol. The fraction of sp³-hybridized carbons (Fsp3) is 0.625. The summed E-state index contributed by atoms with van der Waals surface area (Å²) in [5.74, 6) is 1.12. The number of hydrogen-bond donors (Lipinski definition) is 2. The molecule has 2 saturated heterocycles. The van der Waals surface area contributed by atoms with Crippen LogP contribution >= 0.6 is 0 Å². The third-order valence-corrected chi connectivity index (χ3v) is 4.85. The Morgan fingerprint density at radius 2 is 2.41 bits per heavy atom. The van der Waals surface area contributed by atoms with Crippen molar-refractivity contribution in [3.63, 3.8) is 0 Å². The molecule has 0 radical (unpaired) electrons. The number of aryl methyl sites for hydroxylation is 1. The Labute approximate surface area is 131 Å². The first-order chi connectivity index (χ1) is 10.6. The number of nitrogens with one attached hydrogen (secondary N) is 2. The van der Waals surface area contributed by atoms with Crippen molar-refractivity contribution in [2.75, 3.05) is 26.7 Å². The Morgan fingerprint density at radius 1 is 1.55 bits per heavy atom. The van der Waals surface area contributed by atoms with Crippen LogP contribution in [0.25, 0.3) is 0 Å². The smallest absolute Gasteiger partial charge is 0.220 e. The van der Waals surface area contributed by atoms with E-state index in [1.54, 1.807) is 0 Å². The zero-order valence-corrected chi connectivity index (χ0v) is 13.4. The maximum absolute atomic E-state index is 11.6. The molecular formula is C16H25N5O. The van der Waals surface area contributed by atoms with Crippen LogP contribution in [0.3, 0.4) is 0 Å². The molecular weight excluding hydrogens is 278 g/mol. The lowest BCUT2D eigenvalue weighted by atomic mass is 9.79. The first kappa shape index (κ1) is 14.9. The van der Waals surface area contributed by atoms with Gasteiger partial charge in [-0.15, -0.1) is 0 Å². The molecule has 2 aliphatic heterocycles. The summed E-state index contributed by atoms with van der Waals surface area (Å²) in [5.41, 5.74) is 1.32. The number of hydrogen-bond acceptors (Lipinski definition) is 2. The molecule has 0 aliphatic carbocycles. The van der Waals surface area contributed by atoms with Gasteiger partial charge in [-0.1, -0.05) is 0 Å². The predicted molar refractivity (Wildman–Crippen MR) is 86.5 cm³/mol. The van der Waals surface area contributed by atoms with Gasteiger partial charge in [-0.05, 0) is 25.0 Å². The second-order valence-corrected chi connectivity index (χ2v) is 6.49. The van der Waals surface area contributed by atoms with Crippen LogP contribution in [0.1, 0.15) is 25.0 Å². The molecule has 6 nitrogen and oxygen atoms in total. The molecule has 22 heavy (non-hydrogen) atoms. The van der Waals surface area contributed by atoms with Gasteiger partial charge in [0.25, 0.3) is 0 Å². The van der Waals surface area contributed by atoms with Crippen LogP contribution in [0.2, 0.25) is 0 Å². The first-order valence-corrected chi connectivity index (χ1v) is 7.94. The van der Waals surface area contributed by atoms with Gasteiger partial charge >= 0.3 is 0 Å². The van der Waals surface area contributed by atoms with Crippen molar-refractivity contribution in [2.45, 2.75) is 25.8 Å². The summed E-state index contributed by atoms with van der Waals surface area (Å²) in [6, 6.07) is 4.16. The maximum atomic E-state index is 11.6. The molecule has 3 rings (SSSR count). The van der Waals surface area contributed by atoms with Crippen molar-refractivity contribution in [1.29, 1.82) is 0 Å². The van der Waals surface area contributed by atoms with Crippen LogP contribution in [0.5, 0.6) is 0 Å². The van der Waals surface area contributed by atoms with E-state index in [4.69, 9.17) is 0 Å². The highest BCUT2D eigenvalue weighted by atomic mass is 16.1. The summed E-state index contributed by atoms with van der Waals surface area (Å²) in [5, 5.41) is 6.44. The normalized spacial score (nSPS) is 25.6. The fourth-order valence-corrected chi connectivity index (χ4v) is 3.61. The van der Waals surface area contributed by atoms with E-state index in [2.05, 4.69) is 31.2 Å². The fourth-order valence-electron chi connectivity index (χ4n) is 3.61. The Hall–Kier alpha value is -1.98. The minimum Gasteiger partial charge on any atom is -0.355 e. The first-order valence-electron chi connectivity index (χ1n) is 7.94. The van der Waals surface area contributed by atoms with Crippen molar-refractivity contribution >= 4 is 11.9 Å². The van der Waals surface area contributed by atoms with E-state index < -0.39 is 0 Å². The summed E-state index contributed by atoms with van der Waals surface area (Å²) in [7, 11) is 3.87. The van der Waals surface area contributed by atoms with Gasteiger partial charge < -0.3 is 20.1 Å². The number of piperidine rings is 1. The Morgan fingerprint density at radius 3 is 3.05 bits per heavy atom. The van der Waals surface area contributed by atoms with Gasteiger partial charge in [0.2, 0.25) is 5.91 Å². The molecule has 1 aromatic rings. The van der Waals surface area contributed by atoms with Crippen molar-refractivity contribution in [3.05, 3.63) is 24.0 Å². The van der Waals surface area contributed by atoms with E-state index in [9.17, 15) is 4.79 Å². The van der Waals surface area contributed by atoms with Gasteiger partial charge in [0.15, 0.2) is 5.96 Å². The van der Waals surface area contributed by atoms with Gasteiger partial charge in [-0.25, -0.2) is 0 Å². The van der Waals surface area contributed by atoms with E-state index in [1.807, 2.05) is 26.4 Å². The maximum Gasteiger partial charge on any atom is 0.220 e. The Bertz CT molecular complexity index is 579.